The van der Waals surface area contributed by atoms with Crippen LogP contribution >= 0.6 is 11.8 Å². The molecule has 4 rings (SSSR count). The van der Waals surface area contributed by atoms with Gasteiger partial charge < -0.3 is 13.9 Å². The Morgan fingerprint density at radius 3 is 2.59 bits per heavy atom. The number of aromatic nitrogens is 2. The molecule has 3 heterocycles. The van der Waals surface area contributed by atoms with Crippen LogP contribution in [0.4, 0.5) is 4.39 Å². The Hall–Kier alpha value is -2.63. The molecule has 1 N–H and O–H groups in total. The van der Waals surface area contributed by atoms with Crippen LogP contribution in [0.3, 0.4) is 0 Å². The second-order valence-electron chi connectivity index (χ2n) is 7.52. The molecule has 1 aromatic carbocycles. The number of amides is 1. The molecule has 11 heteroatoms. The van der Waals surface area contributed by atoms with Gasteiger partial charge in [-0.1, -0.05) is 11.8 Å². The summed E-state index contributed by atoms with van der Waals surface area (Å²) in [6, 6.07) is 7.85. The number of benzene rings is 1. The van der Waals surface area contributed by atoms with Gasteiger partial charge in [-0.2, -0.15) is 0 Å². The van der Waals surface area contributed by atoms with E-state index in [-0.39, 0.29) is 22.6 Å². The van der Waals surface area contributed by atoms with Gasteiger partial charge >= 0.3 is 0 Å². The highest BCUT2D eigenvalue weighted by atomic mass is 32.2. The molecular formula is C21H23FN4O4S2. The van der Waals surface area contributed by atoms with E-state index in [2.05, 4.69) is 9.71 Å². The van der Waals surface area contributed by atoms with Crippen molar-refractivity contribution < 1.29 is 22.0 Å². The molecule has 0 spiro atoms. The van der Waals surface area contributed by atoms with Crippen LogP contribution in [-0.2, 0) is 22.8 Å². The molecule has 0 aliphatic carbocycles. The molecule has 8 nitrogen and oxygen atoms in total. The third-order valence-corrected chi connectivity index (χ3v) is 7.84. The third-order valence-electron chi connectivity index (χ3n) is 5.22. The van der Waals surface area contributed by atoms with E-state index in [1.807, 2.05) is 17.8 Å². The van der Waals surface area contributed by atoms with Crippen molar-refractivity contribution in [3.63, 3.8) is 0 Å². The lowest BCUT2D eigenvalue weighted by molar-refractivity contribution is 0.0677. The van der Waals surface area contributed by atoms with E-state index in [4.69, 9.17) is 4.42 Å². The first-order valence-corrected chi connectivity index (χ1v) is 12.5. The van der Waals surface area contributed by atoms with Crippen LogP contribution in [0.1, 0.15) is 29.2 Å². The fraction of sp³-hybridized carbons (Fsp3) is 0.333. The van der Waals surface area contributed by atoms with Crippen LogP contribution in [0.5, 0.6) is 0 Å². The molecule has 32 heavy (non-hydrogen) atoms. The van der Waals surface area contributed by atoms with E-state index >= 15 is 0 Å². The summed E-state index contributed by atoms with van der Waals surface area (Å²) in [5.74, 6) is 0.810. The minimum Gasteiger partial charge on any atom is -0.455 e. The lowest BCUT2D eigenvalue weighted by Gasteiger charge is -2.31. The topological polar surface area (TPSA) is 97.4 Å². The van der Waals surface area contributed by atoms with Crippen LogP contribution in [-0.4, -0.2) is 47.9 Å². The van der Waals surface area contributed by atoms with E-state index < -0.39 is 15.8 Å². The first-order chi connectivity index (χ1) is 15.3. The number of sulfonamides is 1. The number of halogens is 1. The van der Waals surface area contributed by atoms with Gasteiger partial charge in [-0.25, -0.2) is 22.5 Å². The molecule has 0 saturated carbocycles. The smallest absolute Gasteiger partial charge is 0.289 e. The number of nitrogens with zero attached hydrogens (tertiary/aromatic N) is 3. The van der Waals surface area contributed by atoms with Crippen LogP contribution in [0.15, 0.2) is 63.3 Å². The number of carbonyl (C=O) groups excluding carboxylic acids is 1. The molecule has 1 aliphatic heterocycles. The Bertz CT molecular complexity index is 1180. The Morgan fingerprint density at radius 2 is 1.94 bits per heavy atom. The van der Waals surface area contributed by atoms with Crippen LogP contribution in [0.25, 0.3) is 0 Å². The normalized spacial score (nSPS) is 15.2. The van der Waals surface area contributed by atoms with E-state index in [1.54, 1.807) is 23.2 Å². The van der Waals surface area contributed by atoms with Gasteiger partial charge in [0.1, 0.15) is 11.6 Å². The summed E-state index contributed by atoms with van der Waals surface area (Å²) in [7, 11) is -1.83. The van der Waals surface area contributed by atoms with Crippen molar-refractivity contribution in [2.45, 2.75) is 34.7 Å². The number of piperidine rings is 1. The fourth-order valence-corrected chi connectivity index (χ4v) is 5.59. The highest BCUT2D eigenvalue weighted by molar-refractivity contribution is 7.98. The largest absolute Gasteiger partial charge is 0.455 e. The quantitative estimate of drug-likeness (QED) is 0.525. The summed E-state index contributed by atoms with van der Waals surface area (Å²) < 4.78 is 48.3. The highest BCUT2D eigenvalue weighted by Gasteiger charge is 2.28. The standard InChI is InChI=1S/C21H23FN4O4S2/c1-25-13-10-23-21(25)31-14-17-4-7-19(30-17)20(27)26-11-8-16(9-12-26)24-32(28,29)18-5-2-15(22)3-6-18/h2-7,10,13,16,24H,8-9,11-12,14H2,1H3. The molecular weight excluding hydrogens is 455 g/mol. The van der Waals surface area contributed by atoms with Crippen LogP contribution in [0.2, 0.25) is 0 Å². The van der Waals surface area contributed by atoms with Crippen molar-refractivity contribution in [3.05, 3.63) is 66.1 Å². The van der Waals surface area contributed by atoms with Gasteiger partial charge in [0.25, 0.3) is 5.91 Å². The van der Waals surface area contributed by atoms with E-state index in [9.17, 15) is 17.6 Å². The monoisotopic (exact) mass is 478 g/mol. The Morgan fingerprint density at radius 1 is 1.22 bits per heavy atom. The number of carbonyl (C=O) groups is 1. The number of furan rings is 1. The maximum absolute atomic E-state index is 13.1. The van der Waals surface area contributed by atoms with Gasteiger partial charge in [0.15, 0.2) is 10.9 Å². The SMILES string of the molecule is Cn1ccnc1SCc1ccc(C(=O)N2CCC(NS(=O)(=O)c3ccc(F)cc3)CC2)o1. The predicted molar refractivity (Wildman–Crippen MR) is 117 cm³/mol. The highest BCUT2D eigenvalue weighted by Crippen LogP contribution is 2.23. The van der Waals surface area contributed by atoms with Crippen molar-refractivity contribution in [2.75, 3.05) is 13.1 Å². The molecule has 170 valence electrons. The molecule has 1 amide bonds. The van der Waals surface area contributed by atoms with Gasteiger partial charge in [-0.15, -0.1) is 0 Å². The second-order valence-corrected chi connectivity index (χ2v) is 10.2. The van der Waals surface area contributed by atoms with Gasteiger partial charge in [0, 0.05) is 38.6 Å². The first kappa shape index (κ1) is 22.6. The van der Waals surface area contributed by atoms with Gasteiger partial charge in [-0.05, 0) is 49.2 Å². The lowest BCUT2D eigenvalue weighted by Crippen LogP contribution is -2.46. The summed E-state index contributed by atoms with van der Waals surface area (Å²) in [5, 5.41) is 0.861. The van der Waals surface area contributed by atoms with Crippen LogP contribution < -0.4 is 4.72 Å². The van der Waals surface area contributed by atoms with Crippen molar-refractivity contribution >= 4 is 27.7 Å². The van der Waals surface area contributed by atoms with E-state index in [0.29, 0.717) is 37.4 Å². The number of hydrogen-bond acceptors (Lipinski definition) is 6. The zero-order valence-electron chi connectivity index (χ0n) is 17.4. The number of aryl methyl sites for hydroxylation is 1. The van der Waals surface area contributed by atoms with E-state index in [1.165, 1.54) is 23.9 Å². The number of thioether (sulfide) groups is 1. The lowest BCUT2D eigenvalue weighted by atomic mass is 10.1. The first-order valence-electron chi connectivity index (χ1n) is 10.1. The molecule has 0 unspecified atom stereocenters. The zero-order valence-corrected chi connectivity index (χ0v) is 19.0. The number of hydrogen-bond donors (Lipinski definition) is 1. The third kappa shape index (κ3) is 5.22. The molecule has 2 aromatic heterocycles. The second kappa shape index (κ2) is 9.47. The molecule has 0 bridgehead atoms. The number of rotatable bonds is 7. The molecule has 0 atom stereocenters. The maximum atomic E-state index is 13.1. The van der Waals surface area contributed by atoms with Crippen LogP contribution in [0, 0.1) is 5.82 Å². The van der Waals surface area contributed by atoms with Crippen molar-refractivity contribution in [3.8, 4) is 0 Å². The van der Waals surface area contributed by atoms with Crippen molar-refractivity contribution in [1.82, 2.24) is 19.2 Å². The summed E-state index contributed by atoms with van der Waals surface area (Å²) in [6.07, 6.45) is 4.55. The molecule has 1 fully saturated rings. The van der Waals surface area contributed by atoms with Gasteiger partial charge in [0.2, 0.25) is 10.0 Å². The molecule has 1 saturated heterocycles. The molecule has 0 radical (unpaired) electrons. The van der Waals surface area contributed by atoms with Crippen molar-refractivity contribution in [2.24, 2.45) is 7.05 Å². The fourth-order valence-electron chi connectivity index (χ4n) is 3.45. The number of imidazole rings is 1. The van der Waals surface area contributed by atoms with Gasteiger partial charge in [0.05, 0.1) is 10.6 Å². The average molecular weight is 479 g/mol. The molecule has 3 aromatic rings. The number of likely N-dealkylation sites (tertiary alicyclic amines) is 1. The maximum Gasteiger partial charge on any atom is 0.289 e. The molecule has 1 aliphatic rings. The summed E-state index contributed by atoms with van der Waals surface area (Å²) in [4.78, 5) is 18.7. The zero-order chi connectivity index (χ0) is 22.7. The summed E-state index contributed by atoms with van der Waals surface area (Å²) in [5.41, 5.74) is 0. The van der Waals surface area contributed by atoms with E-state index in [0.717, 1.165) is 17.3 Å². The predicted octanol–water partition coefficient (Wildman–Crippen LogP) is 3.03. The summed E-state index contributed by atoms with van der Waals surface area (Å²) in [6.45, 7) is 0.820. The minimum absolute atomic E-state index is 0.0175. The number of nitrogens with one attached hydrogen (secondary N) is 1. The Labute approximate surface area is 189 Å². The Balaban J connectivity index is 1.29. The van der Waals surface area contributed by atoms with Gasteiger partial charge in [-0.3, -0.25) is 4.79 Å². The minimum atomic E-state index is -3.74. The Kier molecular flexibility index (Phi) is 6.68. The average Bonchev–Trinajstić information content (AvgIpc) is 3.41. The van der Waals surface area contributed by atoms with Crippen molar-refractivity contribution in [1.29, 1.82) is 0 Å². The summed E-state index contributed by atoms with van der Waals surface area (Å²) >= 11 is 1.52.